The maximum Gasteiger partial charge on any atom is 0.323 e. The van der Waals surface area contributed by atoms with Gasteiger partial charge in [0, 0.05) is 19.2 Å². The number of nitrogens with one attached hydrogen (secondary N) is 1. The van der Waals surface area contributed by atoms with Crippen LogP contribution in [0.2, 0.25) is 5.02 Å². The molecule has 10 heteroatoms. The van der Waals surface area contributed by atoms with E-state index in [1.165, 1.54) is 25.1 Å². The minimum Gasteiger partial charge on any atom is -0.480 e. The summed E-state index contributed by atoms with van der Waals surface area (Å²) in [6, 6.07) is 11.1. The number of likely N-dealkylation sites (tertiary alicyclic amines) is 1. The number of rotatable bonds is 5. The van der Waals surface area contributed by atoms with Crippen LogP contribution in [-0.4, -0.2) is 51.3 Å². The highest BCUT2D eigenvalue weighted by Crippen LogP contribution is 2.27. The number of nitrogens with zero attached hydrogens (tertiary/aromatic N) is 5. The van der Waals surface area contributed by atoms with Crippen LogP contribution < -0.4 is 14.8 Å². The summed E-state index contributed by atoms with van der Waals surface area (Å²) in [5.74, 6) is 1.62. The lowest BCUT2D eigenvalue weighted by Crippen LogP contribution is -2.42. The highest BCUT2D eigenvalue weighted by Gasteiger charge is 2.24. The first-order valence-electron chi connectivity index (χ1n) is 10.4. The van der Waals surface area contributed by atoms with Crippen LogP contribution in [0, 0.1) is 5.92 Å². The lowest BCUT2D eigenvalue weighted by Gasteiger charge is -2.33. The molecule has 170 valence electrons. The minimum absolute atomic E-state index is 0.196. The Balaban J connectivity index is 1.37. The lowest BCUT2D eigenvalue weighted by molar-refractivity contribution is 0.197. The number of amides is 2. The predicted octanol–water partition coefficient (Wildman–Crippen LogP) is 4.68. The van der Waals surface area contributed by atoms with Crippen molar-refractivity contribution in [1.29, 1.82) is 0 Å². The topological polar surface area (TPSA) is 102 Å². The second-order valence-electron chi connectivity index (χ2n) is 7.57. The summed E-state index contributed by atoms with van der Waals surface area (Å²) in [7, 11) is 1.51. The molecule has 1 atom stereocenters. The Morgan fingerprint density at radius 3 is 2.73 bits per heavy atom. The highest BCUT2D eigenvalue weighted by atomic mass is 35.5. The van der Waals surface area contributed by atoms with Gasteiger partial charge in [-0.1, -0.05) is 42.3 Å². The number of carbonyl (C=O) groups excluding carboxylic acids is 1. The highest BCUT2D eigenvalue weighted by molar-refractivity contribution is 6.30. The quantitative estimate of drug-likeness (QED) is 0.582. The first-order chi connectivity index (χ1) is 16.0. The molecule has 1 fully saturated rings. The number of aromatic nitrogens is 4. The molecule has 1 aliphatic heterocycles. The van der Waals surface area contributed by atoms with Crippen molar-refractivity contribution in [3.63, 3.8) is 0 Å². The van der Waals surface area contributed by atoms with E-state index in [1.807, 2.05) is 24.3 Å². The molecule has 3 aromatic rings. The van der Waals surface area contributed by atoms with E-state index in [0.717, 1.165) is 12.0 Å². The molecule has 1 unspecified atom stereocenters. The fourth-order valence-corrected chi connectivity index (χ4v) is 3.57. The molecular formula is C23H23ClN6O3. The molecular weight excluding hydrogens is 444 g/mol. The maximum atomic E-state index is 12.6. The monoisotopic (exact) mass is 466 g/mol. The molecule has 3 heterocycles. The fraction of sp³-hybridized carbons (Fsp3) is 0.261. The van der Waals surface area contributed by atoms with Gasteiger partial charge in [0.05, 0.1) is 24.5 Å². The Kier molecular flexibility index (Phi) is 6.99. The summed E-state index contributed by atoms with van der Waals surface area (Å²) in [6.45, 7) is 3.33. The number of hydrogen-bond donors (Lipinski definition) is 1. The molecule has 0 bridgehead atoms. The number of carbonyl (C=O) groups is 1. The smallest absolute Gasteiger partial charge is 0.323 e. The average molecular weight is 467 g/mol. The Labute approximate surface area is 196 Å². The van der Waals surface area contributed by atoms with Crippen LogP contribution in [0.25, 0.3) is 6.08 Å². The predicted molar refractivity (Wildman–Crippen MR) is 124 cm³/mol. The summed E-state index contributed by atoms with van der Waals surface area (Å²) in [4.78, 5) is 22.5. The van der Waals surface area contributed by atoms with Crippen LogP contribution in [0.3, 0.4) is 0 Å². The van der Waals surface area contributed by atoms with Gasteiger partial charge in [0.2, 0.25) is 5.88 Å². The molecule has 0 spiro atoms. The van der Waals surface area contributed by atoms with Gasteiger partial charge in [-0.2, -0.15) is 0 Å². The molecule has 1 N–H and O–H groups in total. The van der Waals surface area contributed by atoms with Crippen LogP contribution in [-0.2, 0) is 0 Å². The third kappa shape index (κ3) is 5.95. The van der Waals surface area contributed by atoms with E-state index in [2.05, 4.69) is 38.5 Å². The van der Waals surface area contributed by atoms with Crippen molar-refractivity contribution < 1.29 is 14.3 Å². The summed E-state index contributed by atoms with van der Waals surface area (Å²) < 4.78 is 10.7. The summed E-state index contributed by atoms with van der Waals surface area (Å²) in [5.41, 5.74) is 2.28. The minimum atomic E-state index is -0.196. The van der Waals surface area contributed by atoms with Gasteiger partial charge in [0.15, 0.2) is 5.82 Å². The second kappa shape index (κ2) is 10.3. The number of piperidine rings is 1. The van der Waals surface area contributed by atoms with Gasteiger partial charge in [-0.05, 0) is 36.1 Å². The van der Waals surface area contributed by atoms with Crippen molar-refractivity contribution in [3.8, 4) is 17.6 Å². The lowest BCUT2D eigenvalue weighted by atomic mass is 9.91. The summed E-state index contributed by atoms with van der Waals surface area (Å²) >= 11 is 5.82. The van der Waals surface area contributed by atoms with Crippen molar-refractivity contribution in [1.82, 2.24) is 25.1 Å². The fourth-order valence-electron chi connectivity index (χ4n) is 3.47. The normalized spacial score (nSPS) is 17.0. The molecule has 1 saturated heterocycles. The number of methoxy groups -OCH3 is 1. The summed E-state index contributed by atoms with van der Waals surface area (Å²) in [5, 5.41) is 11.0. The van der Waals surface area contributed by atoms with Gasteiger partial charge < -0.3 is 14.4 Å². The molecule has 0 aliphatic carbocycles. The van der Waals surface area contributed by atoms with Crippen molar-refractivity contribution >= 4 is 29.5 Å². The molecule has 4 rings (SSSR count). The molecule has 2 amide bonds. The first kappa shape index (κ1) is 22.5. The third-order valence-corrected chi connectivity index (χ3v) is 5.38. The Morgan fingerprint density at radius 2 is 2.03 bits per heavy atom. The molecule has 1 aliphatic rings. The molecule has 0 saturated carbocycles. The van der Waals surface area contributed by atoms with Gasteiger partial charge in [-0.15, -0.1) is 10.2 Å². The number of ether oxygens (including phenoxy) is 2. The van der Waals surface area contributed by atoms with Crippen LogP contribution in [0.4, 0.5) is 10.6 Å². The molecule has 2 aromatic heterocycles. The van der Waals surface area contributed by atoms with Gasteiger partial charge in [0.1, 0.15) is 5.75 Å². The van der Waals surface area contributed by atoms with Gasteiger partial charge >= 0.3 is 12.0 Å². The van der Waals surface area contributed by atoms with Crippen molar-refractivity contribution in [3.05, 3.63) is 65.0 Å². The molecule has 9 nitrogen and oxygen atoms in total. The first-order valence-corrected chi connectivity index (χ1v) is 10.8. The van der Waals surface area contributed by atoms with Gasteiger partial charge in [-0.25, -0.2) is 14.8 Å². The van der Waals surface area contributed by atoms with Crippen LogP contribution >= 0.6 is 11.6 Å². The number of benzene rings is 1. The molecule has 1 aromatic carbocycles. The summed E-state index contributed by atoms with van der Waals surface area (Å²) in [6.07, 6.45) is 5.89. The molecule has 0 radical (unpaired) electrons. The van der Waals surface area contributed by atoms with Crippen LogP contribution in [0.15, 0.2) is 54.4 Å². The number of urea groups is 1. The van der Waals surface area contributed by atoms with E-state index in [4.69, 9.17) is 21.1 Å². The van der Waals surface area contributed by atoms with E-state index >= 15 is 0 Å². The van der Waals surface area contributed by atoms with Crippen molar-refractivity contribution in [2.24, 2.45) is 5.92 Å². The molecule has 33 heavy (non-hydrogen) atoms. The zero-order valence-corrected chi connectivity index (χ0v) is 19.0. The van der Waals surface area contributed by atoms with Crippen LogP contribution in [0.5, 0.6) is 17.6 Å². The SMILES string of the molecule is COc1ccc(NC(=O)N2CCC(=Cc3cccc(Oc4ncc(Cl)cn4)c3)C(C)C2)nn1. The van der Waals surface area contributed by atoms with Crippen molar-refractivity contribution in [2.75, 3.05) is 25.5 Å². The number of anilines is 1. The average Bonchev–Trinajstić information content (AvgIpc) is 2.82. The van der Waals surface area contributed by atoms with E-state index in [9.17, 15) is 4.79 Å². The van der Waals surface area contributed by atoms with E-state index in [-0.39, 0.29) is 18.0 Å². The second-order valence-corrected chi connectivity index (χ2v) is 8.00. The third-order valence-electron chi connectivity index (χ3n) is 5.18. The number of hydrogen-bond acceptors (Lipinski definition) is 7. The van der Waals surface area contributed by atoms with E-state index < -0.39 is 0 Å². The zero-order chi connectivity index (χ0) is 23.2. The van der Waals surface area contributed by atoms with Crippen molar-refractivity contribution in [2.45, 2.75) is 13.3 Å². The Hall–Kier alpha value is -3.72. The van der Waals surface area contributed by atoms with Gasteiger partial charge in [0.25, 0.3) is 0 Å². The van der Waals surface area contributed by atoms with E-state index in [0.29, 0.717) is 35.6 Å². The standard InChI is InChI=1S/C23H23ClN6O3/c1-15-14-30(23(31)27-20-6-7-21(32-2)29-28-20)9-8-17(15)10-16-4-3-5-19(11-16)33-22-25-12-18(24)13-26-22/h3-7,10-13,15H,8-9,14H2,1-2H3,(H,27,28,31). The van der Waals surface area contributed by atoms with E-state index in [1.54, 1.807) is 17.0 Å². The largest absolute Gasteiger partial charge is 0.480 e. The maximum absolute atomic E-state index is 12.6. The number of halogens is 1. The Bertz CT molecular complexity index is 1140. The van der Waals surface area contributed by atoms with Gasteiger partial charge in [-0.3, -0.25) is 5.32 Å². The van der Waals surface area contributed by atoms with Crippen LogP contribution in [0.1, 0.15) is 18.9 Å². The Morgan fingerprint density at radius 1 is 1.21 bits per heavy atom. The zero-order valence-electron chi connectivity index (χ0n) is 18.2.